The van der Waals surface area contributed by atoms with Crippen molar-refractivity contribution in [3.63, 3.8) is 0 Å². The van der Waals surface area contributed by atoms with Gasteiger partial charge in [-0.25, -0.2) is 0 Å². The van der Waals surface area contributed by atoms with Crippen LogP contribution in [0.3, 0.4) is 0 Å². The molecule has 0 amide bonds. The SMILES string of the molecule is CC1OC(CO[C@@H]2OC(CO)[C@H](O)[C@H](O)C2O)[C@@H](O)[C@H](O)C1O. The molecule has 7 N–H and O–H groups in total. The Labute approximate surface area is 132 Å². The molecule has 10 heteroatoms. The molecule has 23 heavy (non-hydrogen) atoms. The summed E-state index contributed by atoms with van der Waals surface area (Å²) in [6, 6.07) is 0. The Balaban J connectivity index is 1.94. The highest BCUT2D eigenvalue weighted by Crippen LogP contribution is 2.25. The average Bonchev–Trinajstić information content (AvgIpc) is 2.54. The molecule has 0 saturated carbocycles. The predicted octanol–water partition coefficient (Wildman–Crippen LogP) is -4.33. The van der Waals surface area contributed by atoms with E-state index >= 15 is 0 Å². The Morgan fingerprint density at radius 2 is 1.30 bits per heavy atom. The molecule has 0 bridgehead atoms. The molecule has 2 fully saturated rings. The number of ether oxygens (including phenoxy) is 3. The molecule has 0 aromatic rings. The first-order chi connectivity index (χ1) is 10.8. The Morgan fingerprint density at radius 3 is 1.91 bits per heavy atom. The summed E-state index contributed by atoms with van der Waals surface area (Å²) in [5.41, 5.74) is 0. The van der Waals surface area contributed by atoms with Crippen molar-refractivity contribution >= 4 is 0 Å². The molecule has 10 nitrogen and oxygen atoms in total. The molecule has 10 atom stereocenters. The Morgan fingerprint density at radius 1 is 0.739 bits per heavy atom. The molecule has 2 rings (SSSR count). The summed E-state index contributed by atoms with van der Waals surface area (Å²) in [5.74, 6) is 0. The second-order valence-electron chi connectivity index (χ2n) is 5.88. The summed E-state index contributed by atoms with van der Waals surface area (Å²) in [5, 5.41) is 67.4. The van der Waals surface area contributed by atoms with Crippen LogP contribution >= 0.6 is 0 Å². The molecule has 2 aliphatic rings. The third kappa shape index (κ3) is 3.82. The molecular formula is C13H24O10. The zero-order valence-corrected chi connectivity index (χ0v) is 12.5. The average molecular weight is 340 g/mol. The number of hydrogen-bond acceptors (Lipinski definition) is 10. The second-order valence-corrected chi connectivity index (χ2v) is 5.88. The Kier molecular flexibility index (Phi) is 6.30. The van der Waals surface area contributed by atoms with E-state index in [2.05, 4.69) is 0 Å². The summed E-state index contributed by atoms with van der Waals surface area (Å²) < 4.78 is 15.7. The minimum atomic E-state index is -1.57. The van der Waals surface area contributed by atoms with Crippen LogP contribution in [-0.2, 0) is 14.2 Å². The van der Waals surface area contributed by atoms with Crippen LogP contribution in [-0.4, -0.2) is 110 Å². The molecule has 2 heterocycles. The zero-order chi connectivity index (χ0) is 17.3. The van der Waals surface area contributed by atoms with E-state index in [9.17, 15) is 30.6 Å². The molecule has 0 spiro atoms. The molecule has 2 saturated heterocycles. The first-order valence-electron chi connectivity index (χ1n) is 7.39. The van der Waals surface area contributed by atoms with Crippen LogP contribution in [0.25, 0.3) is 0 Å². The van der Waals surface area contributed by atoms with Gasteiger partial charge in [-0.2, -0.15) is 0 Å². The van der Waals surface area contributed by atoms with Gasteiger partial charge in [0, 0.05) is 0 Å². The van der Waals surface area contributed by atoms with Crippen LogP contribution in [0.1, 0.15) is 6.92 Å². The van der Waals surface area contributed by atoms with Crippen molar-refractivity contribution in [1.29, 1.82) is 0 Å². The van der Waals surface area contributed by atoms with Gasteiger partial charge in [0.1, 0.15) is 48.8 Å². The summed E-state index contributed by atoms with van der Waals surface area (Å²) in [7, 11) is 0. The summed E-state index contributed by atoms with van der Waals surface area (Å²) in [4.78, 5) is 0. The van der Waals surface area contributed by atoms with Gasteiger partial charge in [-0.1, -0.05) is 0 Å². The van der Waals surface area contributed by atoms with Gasteiger partial charge in [0.15, 0.2) is 6.29 Å². The molecule has 0 aliphatic carbocycles. The summed E-state index contributed by atoms with van der Waals surface area (Å²) in [6.07, 6.45) is -12.9. The topological polar surface area (TPSA) is 169 Å². The normalized spacial score (nSPS) is 51.7. The number of rotatable bonds is 4. The summed E-state index contributed by atoms with van der Waals surface area (Å²) in [6.45, 7) is 0.619. The van der Waals surface area contributed by atoms with E-state index in [1.165, 1.54) is 6.92 Å². The third-order valence-electron chi connectivity index (χ3n) is 4.22. The highest BCUT2D eigenvalue weighted by molar-refractivity contribution is 4.92. The Hall–Kier alpha value is -0.400. The molecule has 0 aromatic heterocycles. The fourth-order valence-corrected chi connectivity index (χ4v) is 2.67. The quantitative estimate of drug-likeness (QED) is 0.265. The van der Waals surface area contributed by atoms with E-state index in [1.54, 1.807) is 0 Å². The van der Waals surface area contributed by atoms with E-state index in [-0.39, 0.29) is 6.61 Å². The van der Waals surface area contributed by atoms with Crippen LogP contribution in [0, 0.1) is 0 Å². The van der Waals surface area contributed by atoms with Gasteiger partial charge in [-0.15, -0.1) is 0 Å². The lowest BCUT2D eigenvalue weighted by atomic mass is 9.96. The van der Waals surface area contributed by atoms with Crippen molar-refractivity contribution in [3.8, 4) is 0 Å². The predicted molar refractivity (Wildman–Crippen MR) is 72.1 cm³/mol. The lowest BCUT2D eigenvalue weighted by molar-refractivity contribution is -0.313. The van der Waals surface area contributed by atoms with Gasteiger partial charge in [0.2, 0.25) is 0 Å². The fourth-order valence-electron chi connectivity index (χ4n) is 2.67. The number of aliphatic hydroxyl groups is 7. The number of aliphatic hydroxyl groups excluding tert-OH is 7. The molecule has 2 aliphatic heterocycles. The highest BCUT2D eigenvalue weighted by atomic mass is 16.7. The molecule has 5 unspecified atom stereocenters. The van der Waals surface area contributed by atoms with Crippen LogP contribution < -0.4 is 0 Å². The second kappa shape index (κ2) is 7.66. The maximum absolute atomic E-state index is 9.87. The van der Waals surface area contributed by atoms with Gasteiger partial charge in [-0.05, 0) is 6.92 Å². The van der Waals surface area contributed by atoms with E-state index < -0.39 is 67.8 Å². The molecule has 0 aromatic carbocycles. The van der Waals surface area contributed by atoms with Crippen molar-refractivity contribution in [3.05, 3.63) is 0 Å². The van der Waals surface area contributed by atoms with Gasteiger partial charge in [-0.3, -0.25) is 0 Å². The van der Waals surface area contributed by atoms with Gasteiger partial charge in [0.05, 0.1) is 19.3 Å². The van der Waals surface area contributed by atoms with E-state index in [4.69, 9.17) is 19.3 Å². The fraction of sp³-hybridized carbons (Fsp3) is 1.00. The van der Waals surface area contributed by atoms with Gasteiger partial charge < -0.3 is 50.0 Å². The van der Waals surface area contributed by atoms with Crippen molar-refractivity contribution in [2.75, 3.05) is 13.2 Å². The van der Waals surface area contributed by atoms with E-state index in [0.717, 1.165) is 0 Å². The standard InChI is InChI=1S/C13H24O10/c1-4-7(15)10(18)9(17)6(22-4)3-21-13-12(20)11(19)8(16)5(2-14)23-13/h4-20H,2-3H2,1H3/t4?,5?,6?,7?,8-,9+,10+,11-,12?,13+/m0/s1. The van der Waals surface area contributed by atoms with Crippen LogP contribution in [0.2, 0.25) is 0 Å². The summed E-state index contributed by atoms with van der Waals surface area (Å²) >= 11 is 0. The van der Waals surface area contributed by atoms with Crippen molar-refractivity contribution < 1.29 is 50.0 Å². The smallest absolute Gasteiger partial charge is 0.186 e. The lowest BCUT2D eigenvalue weighted by Crippen LogP contribution is -2.61. The first kappa shape index (κ1) is 18.9. The minimum Gasteiger partial charge on any atom is -0.394 e. The van der Waals surface area contributed by atoms with E-state index in [1.807, 2.05) is 0 Å². The van der Waals surface area contributed by atoms with Crippen LogP contribution in [0.4, 0.5) is 0 Å². The molecule has 136 valence electrons. The Bertz CT molecular complexity index is 380. The largest absolute Gasteiger partial charge is 0.394 e. The van der Waals surface area contributed by atoms with Gasteiger partial charge >= 0.3 is 0 Å². The molecule has 0 radical (unpaired) electrons. The van der Waals surface area contributed by atoms with Crippen molar-refractivity contribution in [1.82, 2.24) is 0 Å². The maximum atomic E-state index is 9.87. The molecular weight excluding hydrogens is 316 g/mol. The van der Waals surface area contributed by atoms with Crippen LogP contribution in [0.15, 0.2) is 0 Å². The maximum Gasteiger partial charge on any atom is 0.186 e. The first-order valence-corrected chi connectivity index (χ1v) is 7.39. The highest BCUT2D eigenvalue weighted by Gasteiger charge is 2.46. The lowest BCUT2D eigenvalue weighted by Gasteiger charge is -2.42. The van der Waals surface area contributed by atoms with Crippen molar-refractivity contribution in [2.45, 2.75) is 68.1 Å². The monoisotopic (exact) mass is 340 g/mol. The van der Waals surface area contributed by atoms with Gasteiger partial charge in [0.25, 0.3) is 0 Å². The van der Waals surface area contributed by atoms with Crippen molar-refractivity contribution in [2.24, 2.45) is 0 Å². The number of hydrogen-bond donors (Lipinski definition) is 7. The third-order valence-corrected chi connectivity index (χ3v) is 4.22. The minimum absolute atomic E-state index is 0.308. The zero-order valence-electron chi connectivity index (χ0n) is 12.5. The van der Waals surface area contributed by atoms with E-state index in [0.29, 0.717) is 0 Å². The van der Waals surface area contributed by atoms with Crippen LogP contribution in [0.5, 0.6) is 0 Å².